The fourth-order valence-corrected chi connectivity index (χ4v) is 15.2. The lowest BCUT2D eigenvalue weighted by molar-refractivity contribution is 0.0312. The molecule has 3 aromatic carbocycles. The fourth-order valence-electron chi connectivity index (χ4n) is 15.2. The van der Waals surface area contributed by atoms with Crippen LogP contribution in [0.3, 0.4) is 0 Å². The van der Waals surface area contributed by atoms with Crippen LogP contribution in [0.1, 0.15) is 142 Å². The Balaban J connectivity index is 1.23. The molecule has 4 heterocycles. The predicted molar refractivity (Wildman–Crippen MR) is 208 cm³/mol. The molecule has 0 aromatic heterocycles. The van der Waals surface area contributed by atoms with Crippen LogP contribution in [-0.2, 0) is 16.2 Å². The van der Waals surface area contributed by atoms with E-state index < -0.39 is 0 Å². The fraction of sp³-hybridized carbons (Fsp3) is 0.609. The van der Waals surface area contributed by atoms with Crippen LogP contribution in [0.15, 0.2) is 48.5 Å². The van der Waals surface area contributed by atoms with E-state index in [1.54, 1.807) is 44.5 Å². The molecule has 11 rings (SSSR count). The Morgan fingerprint density at radius 1 is 0.612 bits per heavy atom. The molecular weight excluding hydrogens is 591 g/mol. The molecule has 4 fully saturated rings. The number of benzene rings is 3. The van der Waals surface area contributed by atoms with Crippen molar-refractivity contribution in [2.75, 3.05) is 9.80 Å². The van der Waals surface area contributed by atoms with Gasteiger partial charge in [0.15, 0.2) is 0 Å². The van der Waals surface area contributed by atoms with Gasteiger partial charge in [-0.3, -0.25) is 0 Å². The van der Waals surface area contributed by atoms with Gasteiger partial charge < -0.3 is 9.80 Å². The van der Waals surface area contributed by atoms with E-state index in [2.05, 4.69) is 107 Å². The van der Waals surface area contributed by atoms with Crippen LogP contribution < -0.4 is 26.2 Å². The van der Waals surface area contributed by atoms with Gasteiger partial charge in [-0.25, -0.2) is 0 Å². The quantitative estimate of drug-likeness (QED) is 0.224. The molecule has 8 unspecified atom stereocenters. The number of fused-ring (bicyclic) bond motifs is 14. The highest BCUT2D eigenvalue weighted by atomic mass is 15.3. The first kappa shape index (κ1) is 30.0. The monoisotopic (exact) mass is 648 g/mol. The van der Waals surface area contributed by atoms with E-state index in [1.165, 1.54) is 88.4 Å². The number of hydrogen-bond donors (Lipinski definition) is 0. The summed E-state index contributed by atoms with van der Waals surface area (Å²) in [6, 6.07) is 20.4. The minimum Gasteiger partial charge on any atom is -0.335 e. The normalized spacial score (nSPS) is 39.0. The van der Waals surface area contributed by atoms with Crippen molar-refractivity contribution in [1.29, 1.82) is 0 Å². The van der Waals surface area contributed by atoms with Crippen molar-refractivity contribution in [3.63, 3.8) is 0 Å². The Morgan fingerprint density at radius 3 is 1.82 bits per heavy atom. The van der Waals surface area contributed by atoms with Gasteiger partial charge in [-0.15, -0.1) is 0 Å². The van der Waals surface area contributed by atoms with Gasteiger partial charge >= 0.3 is 0 Å². The summed E-state index contributed by atoms with van der Waals surface area (Å²) in [6.07, 6.45) is 16.7. The van der Waals surface area contributed by atoms with Crippen LogP contribution in [0.2, 0.25) is 0 Å². The SMILES string of the molecule is CC(C)(C)c1ccc2c3c1C1(C)C4CCCCC4CCC1(C)N3c1cccc3c1B2c1cccc2c1N3C1(C)CCC3CCCCC3C21C. The third-order valence-electron chi connectivity index (χ3n) is 17.6. The molecular formula is C46H57BN2. The second-order valence-electron chi connectivity index (χ2n) is 20.1. The van der Waals surface area contributed by atoms with Crippen LogP contribution in [-0.4, -0.2) is 17.8 Å². The Labute approximate surface area is 296 Å². The van der Waals surface area contributed by atoms with E-state index in [0.717, 1.165) is 23.7 Å². The van der Waals surface area contributed by atoms with Gasteiger partial charge in [-0.1, -0.05) is 110 Å². The van der Waals surface area contributed by atoms with E-state index in [4.69, 9.17) is 0 Å². The largest absolute Gasteiger partial charge is 0.335 e. The van der Waals surface area contributed by atoms with Crippen molar-refractivity contribution in [2.45, 2.75) is 153 Å². The van der Waals surface area contributed by atoms with Gasteiger partial charge in [0.25, 0.3) is 6.71 Å². The maximum Gasteiger partial charge on any atom is 0.252 e. The van der Waals surface area contributed by atoms with Crippen LogP contribution >= 0.6 is 0 Å². The zero-order valence-electron chi connectivity index (χ0n) is 31.4. The molecule has 3 aromatic rings. The number of nitrogens with zero attached hydrogens (tertiary/aromatic N) is 2. The molecule has 4 saturated carbocycles. The molecule has 2 nitrogen and oxygen atoms in total. The molecule has 4 aliphatic heterocycles. The standard InChI is InChI=1S/C46H57BN2/c1-42(2,3)32-22-23-35-41-38(32)46(7)31-17-11-9-15-29(31)25-27-44(46,5)49(41)37-21-13-20-36-39(37)47(35)34-19-12-18-33-40(34)48(36)43(4)26-24-28-14-8-10-16-30(28)45(33,43)6/h12-13,18-23,28-31H,8-11,14-17,24-27H2,1-7H3. The van der Waals surface area contributed by atoms with Crippen LogP contribution in [0.4, 0.5) is 22.7 Å². The van der Waals surface area contributed by atoms with Gasteiger partial charge in [-0.2, -0.15) is 0 Å². The number of hydrogen-bond acceptors (Lipinski definition) is 2. The minimum absolute atomic E-state index is 0.0652. The lowest BCUT2D eigenvalue weighted by atomic mass is 9.33. The molecule has 8 atom stereocenters. The van der Waals surface area contributed by atoms with Crippen molar-refractivity contribution in [1.82, 2.24) is 0 Å². The first-order valence-corrected chi connectivity index (χ1v) is 20.5. The smallest absolute Gasteiger partial charge is 0.252 e. The zero-order chi connectivity index (χ0) is 33.5. The van der Waals surface area contributed by atoms with Gasteiger partial charge in [0.2, 0.25) is 0 Å². The Hall–Kier alpha value is -2.68. The second kappa shape index (κ2) is 9.21. The average Bonchev–Trinajstić information content (AvgIpc) is 3.45. The molecule has 0 radical (unpaired) electrons. The summed E-state index contributed by atoms with van der Waals surface area (Å²) in [6.45, 7) is 18.6. The summed E-state index contributed by atoms with van der Waals surface area (Å²) in [5, 5.41) is 0. The number of anilines is 4. The summed E-state index contributed by atoms with van der Waals surface area (Å²) >= 11 is 0. The lowest BCUT2D eigenvalue weighted by Crippen LogP contribution is -2.68. The Morgan fingerprint density at radius 2 is 1.16 bits per heavy atom. The summed E-state index contributed by atoms with van der Waals surface area (Å²) < 4.78 is 0. The maximum absolute atomic E-state index is 3.00. The first-order valence-electron chi connectivity index (χ1n) is 20.5. The van der Waals surface area contributed by atoms with Crippen molar-refractivity contribution in [2.24, 2.45) is 23.7 Å². The first-order chi connectivity index (χ1) is 23.5. The van der Waals surface area contributed by atoms with Crippen LogP contribution in [0.5, 0.6) is 0 Å². The van der Waals surface area contributed by atoms with E-state index in [-0.39, 0.29) is 27.3 Å². The van der Waals surface area contributed by atoms with E-state index in [9.17, 15) is 0 Å². The third-order valence-corrected chi connectivity index (χ3v) is 17.6. The highest BCUT2D eigenvalue weighted by molar-refractivity contribution is 7.00. The molecule has 8 aliphatic rings. The third kappa shape index (κ3) is 3.15. The van der Waals surface area contributed by atoms with Crippen molar-refractivity contribution in [3.05, 3.63) is 65.2 Å². The predicted octanol–water partition coefficient (Wildman–Crippen LogP) is 9.66. The summed E-state index contributed by atoms with van der Waals surface area (Å²) in [5.74, 6) is 3.29. The van der Waals surface area contributed by atoms with Gasteiger partial charge in [0.1, 0.15) is 0 Å². The molecule has 0 saturated heterocycles. The van der Waals surface area contributed by atoms with Crippen LogP contribution in [0.25, 0.3) is 0 Å². The average molecular weight is 649 g/mol. The summed E-state index contributed by atoms with van der Waals surface area (Å²) in [7, 11) is 0. The van der Waals surface area contributed by atoms with Gasteiger partial charge in [0.05, 0.1) is 11.1 Å². The number of rotatable bonds is 0. The number of para-hydroxylation sites is 1. The van der Waals surface area contributed by atoms with E-state index >= 15 is 0 Å². The molecule has 4 aliphatic carbocycles. The molecule has 0 amide bonds. The maximum atomic E-state index is 3.00. The molecule has 254 valence electrons. The van der Waals surface area contributed by atoms with Crippen molar-refractivity contribution in [3.8, 4) is 0 Å². The van der Waals surface area contributed by atoms with Crippen molar-refractivity contribution < 1.29 is 0 Å². The Bertz CT molecular complexity index is 1950. The highest BCUT2D eigenvalue weighted by Gasteiger charge is 2.69. The molecule has 0 N–H and O–H groups in total. The van der Waals surface area contributed by atoms with E-state index in [0.29, 0.717) is 6.71 Å². The zero-order valence-corrected chi connectivity index (χ0v) is 31.4. The molecule has 49 heavy (non-hydrogen) atoms. The van der Waals surface area contributed by atoms with E-state index in [1.807, 2.05) is 0 Å². The summed E-state index contributed by atoms with van der Waals surface area (Å²) in [4.78, 5) is 5.96. The summed E-state index contributed by atoms with van der Waals surface area (Å²) in [5.41, 5.74) is 16.6. The minimum atomic E-state index is 0.0652. The van der Waals surface area contributed by atoms with Crippen LogP contribution in [0, 0.1) is 23.7 Å². The molecule has 0 bridgehead atoms. The van der Waals surface area contributed by atoms with Gasteiger partial charge in [0, 0.05) is 33.6 Å². The Kier molecular flexibility index (Phi) is 5.64. The topological polar surface area (TPSA) is 6.48 Å². The highest BCUT2D eigenvalue weighted by Crippen LogP contribution is 2.70. The lowest BCUT2D eigenvalue weighted by Gasteiger charge is -2.60. The molecule has 0 spiro atoms. The van der Waals surface area contributed by atoms with Gasteiger partial charge in [-0.05, 0) is 127 Å². The second-order valence-corrected chi connectivity index (χ2v) is 20.1. The van der Waals surface area contributed by atoms with Crippen molar-refractivity contribution >= 4 is 45.9 Å². The molecule has 3 heteroatoms.